The summed E-state index contributed by atoms with van der Waals surface area (Å²) in [4.78, 5) is 12.9. The first kappa shape index (κ1) is 14.1. The molecule has 1 aliphatic rings. The van der Waals surface area contributed by atoms with Crippen LogP contribution in [0.25, 0.3) is 0 Å². The Morgan fingerprint density at radius 2 is 2.42 bits per heavy atom. The van der Waals surface area contributed by atoms with Gasteiger partial charge in [0.2, 0.25) is 0 Å². The van der Waals surface area contributed by atoms with Crippen LogP contribution < -0.4 is 11.1 Å². The van der Waals surface area contributed by atoms with Gasteiger partial charge in [0.1, 0.15) is 0 Å². The van der Waals surface area contributed by atoms with Crippen LogP contribution in [0.4, 0.5) is 0 Å². The molecule has 1 saturated carbocycles. The lowest BCUT2D eigenvalue weighted by Gasteiger charge is -2.40. The van der Waals surface area contributed by atoms with E-state index in [0.717, 1.165) is 17.7 Å². The van der Waals surface area contributed by atoms with E-state index in [1.54, 1.807) is 13.2 Å². The highest BCUT2D eigenvalue weighted by Crippen LogP contribution is 2.34. The molecular weight excluding hydrogens is 260 g/mol. The van der Waals surface area contributed by atoms with Crippen LogP contribution in [-0.4, -0.2) is 31.7 Å². The summed E-state index contributed by atoms with van der Waals surface area (Å²) in [6.45, 7) is 0.901. The summed E-state index contributed by atoms with van der Waals surface area (Å²) in [7, 11) is 1.70. The highest BCUT2D eigenvalue weighted by molar-refractivity contribution is 7.10. The fourth-order valence-corrected chi connectivity index (χ4v) is 2.78. The van der Waals surface area contributed by atoms with Crippen molar-refractivity contribution in [1.29, 1.82) is 0 Å². The number of carbonyl (C=O) groups is 1. The fraction of sp³-hybridized carbons (Fsp3) is 0.500. The SMILES string of the molecule is COC1(CNC(=O)c2csc(C#CCN)c2)CCC1. The minimum atomic E-state index is -0.145. The number of amides is 1. The summed E-state index contributed by atoms with van der Waals surface area (Å²) in [5.41, 5.74) is 5.82. The predicted molar refractivity (Wildman–Crippen MR) is 76.2 cm³/mol. The van der Waals surface area contributed by atoms with Crippen molar-refractivity contribution in [1.82, 2.24) is 5.32 Å². The van der Waals surface area contributed by atoms with E-state index < -0.39 is 0 Å². The smallest absolute Gasteiger partial charge is 0.252 e. The normalized spacial score (nSPS) is 16.1. The van der Waals surface area contributed by atoms with E-state index in [4.69, 9.17) is 10.5 Å². The van der Waals surface area contributed by atoms with Crippen LogP contribution in [0.5, 0.6) is 0 Å². The van der Waals surface area contributed by atoms with Gasteiger partial charge in [-0.15, -0.1) is 11.3 Å². The summed E-state index contributed by atoms with van der Waals surface area (Å²) >= 11 is 1.46. The topological polar surface area (TPSA) is 64.3 Å². The second-order valence-electron chi connectivity index (χ2n) is 4.63. The van der Waals surface area contributed by atoms with Gasteiger partial charge in [-0.3, -0.25) is 4.79 Å². The summed E-state index contributed by atoms with van der Waals surface area (Å²) in [5.74, 6) is 5.63. The lowest BCUT2D eigenvalue weighted by Crippen LogP contribution is -2.49. The zero-order valence-corrected chi connectivity index (χ0v) is 11.8. The average molecular weight is 278 g/mol. The Morgan fingerprint density at radius 1 is 1.63 bits per heavy atom. The van der Waals surface area contributed by atoms with Crippen molar-refractivity contribution in [2.24, 2.45) is 5.73 Å². The Morgan fingerprint density at radius 3 is 3.00 bits per heavy atom. The van der Waals surface area contributed by atoms with Gasteiger partial charge in [-0.1, -0.05) is 11.8 Å². The highest BCUT2D eigenvalue weighted by Gasteiger charge is 2.37. The molecule has 1 amide bonds. The second-order valence-corrected chi connectivity index (χ2v) is 5.54. The minimum absolute atomic E-state index is 0.0691. The maximum absolute atomic E-state index is 12.0. The Bertz CT molecular complexity index is 503. The molecule has 0 bridgehead atoms. The predicted octanol–water partition coefficient (Wildman–Crippen LogP) is 1.36. The molecule has 0 spiro atoms. The van der Waals surface area contributed by atoms with Crippen LogP contribution in [0.1, 0.15) is 34.5 Å². The summed E-state index contributed by atoms with van der Waals surface area (Å²) < 4.78 is 5.47. The van der Waals surface area contributed by atoms with Gasteiger partial charge in [0.25, 0.3) is 5.91 Å². The largest absolute Gasteiger partial charge is 0.376 e. The molecule has 1 heterocycles. The van der Waals surface area contributed by atoms with Crippen LogP contribution in [0, 0.1) is 11.8 Å². The monoisotopic (exact) mass is 278 g/mol. The molecule has 1 fully saturated rings. The van der Waals surface area contributed by atoms with E-state index in [1.165, 1.54) is 17.8 Å². The van der Waals surface area contributed by atoms with Crippen molar-refractivity contribution in [3.8, 4) is 11.8 Å². The quantitative estimate of drug-likeness (QED) is 0.817. The first-order valence-corrected chi connectivity index (χ1v) is 7.18. The van der Waals surface area contributed by atoms with Crippen LogP contribution in [-0.2, 0) is 4.74 Å². The zero-order valence-electron chi connectivity index (χ0n) is 11.0. The van der Waals surface area contributed by atoms with Crippen molar-refractivity contribution in [2.75, 3.05) is 20.2 Å². The van der Waals surface area contributed by atoms with E-state index in [1.807, 2.05) is 5.38 Å². The molecule has 1 aliphatic carbocycles. The number of hydrogen-bond acceptors (Lipinski definition) is 4. The summed E-state index contributed by atoms with van der Waals surface area (Å²) in [5, 5.41) is 4.75. The van der Waals surface area contributed by atoms with E-state index in [9.17, 15) is 4.79 Å². The second kappa shape index (κ2) is 6.20. The Labute approximate surface area is 117 Å². The van der Waals surface area contributed by atoms with Crippen molar-refractivity contribution in [3.05, 3.63) is 21.9 Å². The maximum Gasteiger partial charge on any atom is 0.252 e. The summed E-state index contributed by atoms with van der Waals surface area (Å²) in [6.07, 6.45) is 3.20. The molecule has 102 valence electrons. The van der Waals surface area contributed by atoms with Crippen molar-refractivity contribution in [2.45, 2.75) is 24.9 Å². The molecule has 0 saturated heterocycles. The number of nitrogens with two attached hydrogens (primary N) is 1. The molecule has 0 aliphatic heterocycles. The minimum Gasteiger partial charge on any atom is -0.376 e. The molecule has 19 heavy (non-hydrogen) atoms. The number of nitrogens with one attached hydrogen (secondary N) is 1. The third-order valence-electron chi connectivity index (χ3n) is 3.44. The zero-order chi connectivity index (χ0) is 13.7. The molecule has 1 aromatic rings. The molecule has 2 rings (SSSR count). The van der Waals surface area contributed by atoms with Gasteiger partial charge >= 0.3 is 0 Å². The van der Waals surface area contributed by atoms with Gasteiger partial charge in [-0.2, -0.15) is 0 Å². The molecule has 0 unspecified atom stereocenters. The molecule has 3 N–H and O–H groups in total. The molecule has 1 aromatic heterocycles. The summed E-state index contributed by atoms with van der Waals surface area (Å²) in [6, 6.07) is 1.79. The fourth-order valence-electron chi connectivity index (χ4n) is 2.03. The third kappa shape index (κ3) is 3.35. The van der Waals surface area contributed by atoms with Gasteiger partial charge < -0.3 is 15.8 Å². The van der Waals surface area contributed by atoms with Crippen molar-refractivity contribution in [3.63, 3.8) is 0 Å². The Kier molecular flexibility index (Phi) is 4.59. The van der Waals surface area contributed by atoms with E-state index in [0.29, 0.717) is 18.7 Å². The molecule has 5 heteroatoms. The van der Waals surface area contributed by atoms with Crippen molar-refractivity contribution < 1.29 is 9.53 Å². The van der Waals surface area contributed by atoms with E-state index in [-0.39, 0.29) is 11.5 Å². The Hall–Kier alpha value is -1.35. The third-order valence-corrected chi connectivity index (χ3v) is 4.29. The van der Waals surface area contributed by atoms with E-state index >= 15 is 0 Å². The van der Waals surface area contributed by atoms with Crippen LogP contribution >= 0.6 is 11.3 Å². The molecule has 0 atom stereocenters. The van der Waals surface area contributed by atoms with Gasteiger partial charge in [0, 0.05) is 19.0 Å². The number of carbonyl (C=O) groups excluding carboxylic acids is 1. The first-order valence-electron chi connectivity index (χ1n) is 6.30. The maximum atomic E-state index is 12.0. The molecule has 0 aromatic carbocycles. The van der Waals surface area contributed by atoms with Gasteiger partial charge in [0.15, 0.2) is 0 Å². The molecule has 4 nitrogen and oxygen atoms in total. The number of hydrogen-bond donors (Lipinski definition) is 2. The number of thiophene rings is 1. The number of methoxy groups -OCH3 is 1. The van der Waals surface area contributed by atoms with Crippen LogP contribution in [0.3, 0.4) is 0 Å². The van der Waals surface area contributed by atoms with Crippen molar-refractivity contribution >= 4 is 17.2 Å². The lowest BCUT2D eigenvalue weighted by atomic mass is 9.80. The molecule has 0 radical (unpaired) electrons. The highest BCUT2D eigenvalue weighted by atomic mass is 32.1. The number of ether oxygens (including phenoxy) is 1. The van der Waals surface area contributed by atoms with Crippen LogP contribution in [0.15, 0.2) is 11.4 Å². The van der Waals surface area contributed by atoms with Gasteiger partial charge in [-0.05, 0) is 25.3 Å². The Balaban J connectivity index is 1.91. The number of rotatable bonds is 4. The lowest BCUT2D eigenvalue weighted by molar-refractivity contribution is -0.0679. The van der Waals surface area contributed by atoms with E-state index in [2.05, 4.69) is 17.2 Å². The van der Waals surface area contributed by atoms with Gasteiger partial charge in [0.05, 0.1) is 22.6 Å². The van der Waals surface area contributed by atoms with Gasteiger partial charge in [-0.25, -0.2) is 0 Å². The standard InChI is InChI=1S/C14H18N2O2S/c1-18-14(5-3-6-14)10-16-13(17)11-8-12(19-9-11)4-2-7-15/h8-9H,3,5-7,10,15H2,1H3,(H,16,17). The molecular formula is C14H18N2O2S. The first-order chi connectivity index (χ1) is 9.19. The van der Waals surface area contributed by atoms with Crippen LogP contribution in [0.2, 0.25) is 0 Å². The average Bonchev–Trinajstić information content (AvgIpc) is 2.84.